The number of phosphoric acid groups is 1. The maximum Gasteiger partial charge on any atom is 0.306 e. The number of carbonyl (C=O) groups excluding carboxylic acids is 2. The number of unbranched alkanes of at least 4 members (excludes halogenated alkanes) is 42. The molecule has 0 aromatic rings. The highest BCUT2D eigenvalue weighted by molar-refractivity contribution is 7.45. The summed E-state index contributed by atoms with van der Waals surface area (Å²) in [4.78, 5) is 37.8. The van der Waals surface area contributed by atoms with Crippen LogP contribution in [0.2, 0.25) is 0 Å². The standard InChI is InChI=1S/C64H124NO8P/c1-6-8-10-12-14-16-18-20-22-23-24-25-26-27-28-29-30-31-32-33-34-35-36-37-38-39-40-41-43-44-46-48-50-52-54-56-63(66)70-60-62(61-72-74(68,69)71-59-58-65(3,4)5)73-64(67)57-55-53-51-49-47-45-42-21-19-17-15-13-11-9-7-2/h15,17,21,42,62H,6-14,16,18-20,22-41,43-61H2,1-5H3/b17-15-,42-21-. The zero-order chi connectivity index (χ0) is 54.2. The maximum absolute atomic E-state index is 12.8. The second-order valence-electron chi connectivity index (χ2n) is 23.1. The van der Waals surface area contributed by atoms with Gasteiger partial charge in [0.05, 0.1) is 27.7 Å². The number of ether oxygens (including phenoxy) is 2. The molecule has 0 saturated heterocycles. The maximum atomic E-state index is 12.8. The normalized spacial score (nSPS) is 13.3. The van der Waals surface area contributed by atoms with Crippen molar-refractivity contribution in [3.8, 4) is 0 Å². The Balaban J connectivity index is 3.91. The average molecular weight is 1070 g/mol. The van der Waals surface area contributed by atoms with Crippen LogP contribution in [0.15, 0.2) is 24.3 Å². The molecule has 0 rings (SSSR count). The Kier molecular flexibility index (Phi) is 55.1. The van der Waals surface area contributed by atoms with Crippen molar-refractivity contribution in [2.45, 2.75) is 328 Å². The smallest absolute Gasteiger partial charge is 0.306 e. The lowest BCUT2D eigenvalue weighted by Crippen LogP contribution is -2.37. The molecule has 0 saturated carbocycles. The Morgan fingerprint density at radius 2 is 0.730 bits per heavy atom. The number of phosphoric ester groups is 1. The molecule has 0 bridgehead atoms. The fourth-order valence-electron chi connectivity index (χ4n) is 9.51. The number of hydrogen-bond acceptors (Lipinski definition) is 8. The molecule has 2 unspecified atom stereocenters. The number of rotatable bonds is 60. The van der Waals surface area contributed by atoms with Gasteiger partial charge in [0, 0.05) is 12.8 Å². The molecule has 0 spiro atoms. The van der Waals surface area contributed by atoms with Crippen LogP contribution in [0.4, 0.5) is 0 Å². The molecule has 0 fully saturated rings. The van der Waals surface area contributed by atoms with E-state index in [1.54, 1.807) is 0 Å². The summed E-state index contributed by atoms with van der Waals surface area (Å²) in [6, 6.07) is 0. The summed E-state index contributed by atoms with van der Waals surface area (Å²) in [5.74, 6) is -0.834. The van der Waals surface area contributed by atoms with Crippen molar-refractivity contribution < 1.29 is 42.1 Å². The third kappa shape index (κ3) is 59.7. The quantitative estimate of drug-likeness (QED) is 0.0195. The molecule has 0 aromatic carbocycles. The molecule has 0 aliphatic rings. The molecule has 74 heavy (non-hydrogen) atoms. The summed E-state index contributed by atoms with van der Waals surface area (Å²) in [6.45, 7) is 4.24. The van der Waals surface area contributed by atoms with Crippen LogP contribution in [0.3, 0.4) is 0 Å². The topological polar surface area (TPSA) is 111 Å². The van der Waals surface area contributed by atoms with E-state index in [9.17, 15) is 19.0 Å². The number of quaternary nitrogens is 1. The molecule has 10 heteroatoms. The lowest BCUT2D eigenvalue weighted by Gasteiger charge is -2.28. The molecule has 2 atom stereocenters. The Morgan fingerprint density at radius 3 is 1.09 bits per heavy atom. The fourth-order valence-corrected chi connectivity index (χ4v) is 10.2. The number of likely N-dealkylation sites (N-methyl/N-ethyl adjacent to an activating group) is 1. The van der Waals surface area contributed by atoms with Crippen LogP contribution in [0.5, 0.6) is 0 Å². The van der Waals surface area contributed by atoms with E-state index < -0.39 is 26.5 Å². The Bertz CT molecular complexity index is 1300. The summed E-state index contributed by atoms with van der Waals surface area (Å²) in [5.41, 5.74) is 0. The predicted molar refractivity (Wildman–Crippen MR) is 314 cm³/mol. The van der Waals surface area contributed by atoms with E-state index in [2.05, 4.69) is 38.2 Å². The molecule has 438 valence electrons. The summed E-state index contributed by atoms with van der Waals surface area (Å²) in [7, 11) is 1.17. The zero-order valence-electron chi connectivity index (χ0n) is 49.8. The van der Waals surface area contributed by atoms with E-state index in [0.717, 1.165) is 57.8 Å². The van der Waals surface area contributed by atoms with Crippen LogP contribution >= 0.6 is 7.82 Å². The first-order valence-electron chi connectivity index (χ1n) is 32.0. The van der Waals surface area contributed by atoms with Crippen LogP contribution in [0.1, 0.15) is 322 Å². The SMILES string of the molecule is CCCCC/C=C\C/C=C\CCCCCCCC(=O)OC(COC(=O)CCCCCCCCCCCCCCCCCCCCCCCCCCCCCCCCCCCCC)COP(=O)([O-])OCC[N+](C)(C)C. The van der Waals surface area contributed by atoms with Gasteiger partial charge in [0.15, 0.2) is 6.10 Å². The first-order chi connectivity index (χ1) is 36.0. The predicted octanol–water partition coefficient (Wildman–Crippen LogP) is 19.5. The first kappa shape index (κ1) is 72.5. The van der Waals surface area contributed by atoms with E-state index in [-0.39, 0.29) is 32.0 Å². The lowest BCUT2D eigenvalue weighted by molar-refractivity contribution is -0.870. The first-order valence-corrected chi connectivity index (χ1v) is 33.5. The van der Waals surface area contributed by atoms with E-state index in [4.69, 9.17) is 18.5 Å². The molecular formula is C64H124NO8P. The number of nitrogens with zero attached hydrogens (tertiary/aromatic N) is 1. The van der Waals surface area contributed by atoms with Crippen molar-refractivity contribution in [1.82, 2.24) is 0 Å². The second-order valence-corrected chi connectivity index (χ2v) is 24.5. The van der Waals surface area contributed by atoms with Gasteiger partial charge in [-0.05, 0) is 44.9 Å². The van der Waals surface area contributed by atoms with Gasteiger partial charge in [-0.1, -0.05) is 289 Å². The lowest BCUT2D eigenvalue weighted by atomic mass is 10.0. The fraction of sp³-hybridized carbons (Fsp3) is 0.906. The van der Waals surface area contributed by atoms with Gasteiger partial charge in [-0.2, -0.15) is 0 Å². The highest BCUT2D eigenvalue weighted by atomic mass is 31.2. The molecule has 0 radical (unpaired) electrons. The minimum Gasteiger partial charge on any atom is -0.756 e. The van der Waals surface area contributed by atoms with Crippen molar-refractivity contribution in [3.63, 3.8) is 0 Å². The van der Waals surface area contributed by atoms with Crippen molar-refractivity contribution in [3.05, 3.63) is 24.3 Å². The highest BCUT2D eigenvalue weighted by Crippen LogP contribution is 2.38. The van der Waals surface area contributed by atoms with Crippen molar-refractivity contribution in [2.75, 3.05) is 47.5 Å². The number of allylic oxidation sites excluding steroid dienone is 4. The van der Waals surface area contributed by atoms with Crippen LogP contribution < -0.4 is 4.89 Å². The Morgan fingerprint density at radius 1 is 0.419 bits per heavy atom. The molecule has 0 amide bonds. The molecule has 0 aliphatic carbocycles. The Hall–Kier alpha value is -1.51. The largest absolute Gasteiger partial charge is 0.756 e. The van der Waals surface area contributed by atoms with Gasteiger partial charge >= 0.3 is 11.9 Å². The van der Waals surface area contributed by atoms with Gasteiger partial charge in [0.25, 0.3) is 7.82 Å². The summed E-state index contributed by atoms with van der Waals surface area (Å²) < 4.78 is 34.1. The zero-order valence-corrected chi connectivity index (χ0v) is 50.7. The summed E-state index contributed by atoms with van der Waals surface area (Å²) >= 11 is 0. The van der Waals surface area contributed by atoms with Crippen molar-refractivity contribution >= 4 is 19.8 Å². The summed E-state index contributed by atoms with van der Waals surface area (Å²) in [5, 5.41) is 0. The van der Waals surface area contributed by atoms with Gasteiger partial charge in [0.1, 0.15) is 19.8 Å². The van der Waals surface area contributed by atoms with Crippen molar-refractivity contribution in [1.29, 1.82) is 0 Å². The van der Waals surface area contributed by atoms with E-state index >= 15 is 0 Å². The van der Waals surface area contributed by atoms with E-state index in [1.807, 2.05) is 21.1 Å². The molecule has 9 nitrogen and oxygen atoms in total. The van der Waals surface area contributed by atoms with E-state index in [1.165, 1.54) is 231 Å². The van der Waals surface area contributed by atoms with Crippen LogP contribution in [-0.2, 0) is 32.7 Å². The number of carbonyl (C=O) groups is 2. The molecule has 0 aliphatic heterocycles. The minimum absolute atomic E-state index is 0.0314. The van der Waals surface area contributed by atoms with Crippen LogP contribution in [0, 0.1) is 0 Å². The monoisotopic (exact) mass is 1070 g/mol. The molecule has 0 N–H and O–H groups in total. The summed E-state index contributed by atoms with van der Waals surface area (Å²) in [6.07, 6.45) is 68.4. The van der Waals surface area contributed by atoms with E-state index in [0.29, 0.717) is 17.4 Å². The third-order valence-corrected chi connectivity index (χ3v) is 15.4. The Labute approximate surface area is 459 Å². The van der Waals surface area contributed by atoms with Gasteiger partial charge in [-0.3, -0.25) is 14.2 Å². The minimum atomic E-state index is -4.64. The third-order valence-electron chi connectivity index (χ3n) is 14.5. The van der Waals surface area contributed by atoms with Crippen LogP contribution in [0.25, 0.3) is 0 Å². The average Bonchev–Trinajstić information content (AvgIpc) is 3.36. The van der Waals surface area contributed by atoms with Crippen LogP contribution in [-0.4, -0.2) is 70.0 Å². The number of esters is 2. The highest BCUT2D eigenvalue weighted by Gasteiger charge is 2.22. The van der Waals surface area contributed by atoms with Crippen molar-refractivity contribution in [2.24, 2.45) is 0 Å². The van der Waals surface area contributed by atoms with Gasteiger partial charge in [0.2, 0.25) is 0 Å². The molecule has 0 heterocycles. The van der Waals surface area contributed by atoms with Gasteiger partial charge in [-0.25, -0.2) is 0 Å². The van der Waals surface area contributed by atoms with Gasteiger partial charge < -0.3 is 27.9 Å². The van der Waals surface area contributed by atoms with Gasteiger partial charge in [-0.15, -0.1) is 0 Å². The molecule has 0 aromatic heterocycles. The second kappa shape index (κ2) is 56.2. The molecular weight excluding hydrogens is 942 g/mol. The number of hydrogen-bond donors (Lipinski definition) is 0.